The van der Waals surface area contributed by atoms with Crippen LogP contribution < -0.4 is 10.6 Å². The van der Waals surface area contributed by atoms with Gasteiger partial charge in [-0.15, -0.1) is 11.3 Å². The molecule has 0 saturated carbocycles. The molecule has 1 aromatic heterocycles. The van der Waals surface area contributed by atoms with Gasteiger partial charge in [0.05, 0.1) is 12.2 Å². The second-order valence-corrected chi connectivity index (χ2v) is 6.21. The maximum absolute atomic E-state index is 12.0. The monoisotopic (exact) mass is 296 g/mol. The Hall–Kier alpha value is -1.40. The van der Waals surface area contributed by atoms with Crippen molar-refractivity contribution in [3.8, 4) is 0 Å². The van der Waals surface area contributed by atoms with Crippen LogP contribution in [-0.4, -0.2) is 31.6 Å². The van der Waals surface area contributed by atoms with Crippen molar-refractivity contribution in [3.63, 3.8) is 0 Å². The number of ether oxygens (including phenoxy) is 1. The molecule has 1 aliphatic heterocycles. The lowest BCUT2D eigenvalue weighted by Crippen LogP contribution is -2.43. The lowest BCUT2D eigenvalue weighted by atomic mass is 9.99. The Bertz CT molecular complexity index is 521. The molecule has 1 aromatic rings. The Morgan fingerprint density at radius 3 is 2.65 bits per heavy atom. The fourth-order valence-corrected chi connectivity index (χ4v) is 3.16. The summed E-state index contributed by atoms with van der Waals surface area (Å²) in [6.07, 6.45) is 0.491. The van der Waals surface area contributed by atoms with Gasteiger partial charge in [0.1, 0.15) is 5.00 Å². The van der Waals surface area contributed by atoms with Crippen molar-refractivity contribution in [2.24, 2.45) is 5.92 Å². The highest BCUT2D eigenvalue weighted by Gasteiger charge is 2.24. The molecular weight excluding hydrogens is 276 g/mol. The molecule has 1 fully saturated rings. The molecule has 1 saturated heterocycles. The smallest absolute Gasteiger partial charge is 0.341 e. The average molecular weight is 296 g/mol. The Labute approximate surface area is 122 Å². The molecule has 20 heavy (non-hydrogen) atoms. The Morgan fingerprint density at radius 1 is 1.40 bits per heavy atom. The van der Waals surface area contributed by atoms with Crippen LogP contribution in [0.5, 0.6) is 0 Å². The first-order valence-corrected chi connectivity index (χ1v) is 7.62. The third kappa shape index (κ3) is 3.19. The number of thiophene rings is 1. The van der Waals surface area contributed by atoms with Gasteiger partial charge < -0.3 is 15.4 Å². The zero-order valence-corrected chi connectivity index (χ0v) is 12.9. The maximum Gasteiger partial charge on any atom is 0.341 e. The minimum Gasteiger partial charge on any atom is -0.462 e. The zero-order valence-electron chi connectivity index (χ0n) is 12.0. The van der Waals surface area contributed by atoms with E-state index >= 15 is 0 Å². The number of rotatable bonds is 5. The molecule has 0 bridgehead atoms. The summed E-state index contributed by atoms with van der Waals surface area (Å²) in [7, 11) is 0. The Morgan fingerprint density at radius 2 is 2.10 bits per heavy atom. The number of carbonyl (C=O) groups excluding carboxylic acids is 2. The van der Waals surface area contributed by atoms with Crippen LogP contribution in [0.15, 0.2) is 0 Å². The van der Waals surface area contributed by atoms with Crippen LogP contribution in [0.4, 0.5) is 5.00 Å². The summed E-state index contributed by atoms with van der Waals surface area (Å²) in [5.41, 5.74) is 1.38. The summed E-state index contributed by atoms with van der Waals surface area (Å²) in [6, 6.07) is 0. The molecule has 0 unspecified atom stereocenters. The first-order chi connectivity index (χ1) is 9.52. The SMILES string of the molecule is CCOC(=O)c1c(NC(=O)CC2CNC2)sc(C)c1C. The normalized spacial score (nSPS) is 14.8. The second-order valence-electron chi connectivity index (χ2n) is 4.98. The van der Waals surface area contributed by atoms with Crippen molar-refractivity contribution in [2.75, 3.05) is 25.0 Å². The number of esters is 1. The van der Waals surface area contributed by atoms with Crippen molar-refractivity contribution in [3.05, 3.63) is 16.0 Å². The summed E-state index contributed by atoms with van der Waals surface area (Å²) >= 11 is 1.43. The van der Waals surface area contributed by atoms with E-state index in [9.17, 15) is 9.59 Å². The molecule has 0 aromatic carbocycles. The zero-order chi connectivity index (χ0) is 14.7. The van der Waals surface area contributed by atoms with Gasteiger partial charge in [-0.2, -0.15) is 0 Å². The molecule has 110 valence electrons. The van der Waals surface area contributed by atoms with Crippen LogP contribution in [0.3, 0.4) is 0 Å². The number of anilines is 1. The quantitative estimate of drug-likeness (QED) is 0.817. The molecule has 5 nitrogen and oxygen atoms in total. The average Bonchev–Trinajstić information content (AvgIpc) is 2.60. The minimum atomic E-state index is -0.366. The number of nitrogens with one attached hydrogen (secondary N) is 2. The maximum atomic E-state index is 12.0. The molecule has 1 aliphatic rings. The van der Waals surface area contributed by atoms with E-state index in [0.29, 0.717) is 29.5 Å². The van der Waals surface area contributed by atoms with Crippen molar-refractivity contribution in [2.45, 2.75) is 27.2 Å². The fraction of sp³-hybridized carbons (Fsp3) is 0.571. The minimum absolute atomic E-state index is 0.0386. The van der Waals surface area contributed by atoms with Crippen molar-refractivity contribution in [1.29, 1.82) is 0 Å². The molecule has 2 N–H and O–H groups in total. The highest BCUT2D eigenvalue weighted by Crippen LogP contribution is 2.33. The molecule has 0 aliphatic carbocycles. The lowest BCUT2D eigenvalue weighted by molar-refractivity contribution is -0.117. The molecule has 1 amide bonds. The Kier molecular flexibility index (Phi) is 4.77. The Balaban J connectivity index is 2.11. The van der Waals surface area contributed by atoms with E-state index < -0.39 is 0 Å². The van der Waals surface area contributed by atoms with E-state index in [1.807, 2.05) is 13.8 Å². The van der Waals surface area contributed by atoms with Crippen LogP contribution >= 0.6 is 11.3 Å². The largest absolute Gasteiger partial charge is 0.462 e. The summed E-state index contributed by atoms with van der Waals surface area (Å²) in [5, 5.41) is 6.61. The first-order valence-electron chi connectivity index (χ1n) is 6.80. The number of carbonyl (C=O) groups is 2. The standard InChI is InChI=1S/C14H20N2O3S/c1-4-19-14(18)12-8(2)9(3)20-13(12)16-11(17)5-10-6-15-7-10/h10,15H,4-7H2,1-3H3,(H,16,17). The predicted octanol–water partition coefficient (Wildman–Crippen LogP) is 2.09. The van der Waals surface area contributed by atoms with Gasteiger partial charge in [0, 0.05) is 11.3 Å². The van der Waals surface area contributed by atoms with Gasteiger partial charge >= 0.3 is 5.97 Å². The molecule has 2 heterocycles. The molecular formula is C14H20N2O3S. The number of hydrogen-bond acceptors (Lipinski definition) is 5. The van der Waals surface area contributed by atoms with Crippen LogP contribution in [-0.2, 0) is 9.53 Å². The van der Waals surface area contributed by atoms with Crippen molar-refractivity contribution < 1.29 is 14.3 Å². The first kappa shape index (κ1) is 15.0. The molecule has 2 rings (SSSR count). The van der Waals surface area contributed by atoms with E-state index in [1.165, 1.54) is 11.3 Å². The third-order valence-electron chi connectivity index (χ3n) is 3.46. The molecule has 0 radical (unpaired) electrons. The highest BCUT2D eigenvalue weighted by atomic mass is 32.1. The number of amides is 1. The van der Waals surface area contributed by atoms with E-state index in [4.69, 9.17) is 4.74 Å². The highest BCUT2D eigenvalue weighted by molar-refractivity contribution is 7.16. The van der Waals surface area contributed by atoms with E-state index in [0.717, 1.165) is 23.5 Å². The summed E-state index contributed by atoms with van der Waals surface area (Å²) < 4.78 is 5.06. The second kappa shape index (κ2) is 6.37. The molecule has 6 heteroatoms. The van der Waals surface area contributed by atoms with Crippen LogP contribution in [0.1, 0.15) is 34.1 Å². The topological polar surface area (TPSA) is 67.4 Å². The van der Waals surface area contributed by atoms with Crippen molar-refractivity contribution >= 4 is 28.2 Å². The van der Waals surface area contributed by atoms with Gasteiger partial charge in [-0.25, -0.2) is 4.79 Å². The van der Waals surface area contributed by atoms with Crippen molar-refractivity contribution in [1.82, 2.24) is 5.32 Å². The van der Waals surface area contributed by atoms with Crippen LogP contribution in [0.2, 0.25) is 0 Å². The summed E-state index contributed by atoms with van der Waals surface area (Å²) in [5.74, 6) is 0.00135. The van der Waals surface area contributed by atoms with E-state index in [-0.39, 0.29) is 11.9 Å². The predicted molar refractivity (Wildman–Crippen MR) is 79.4 cm³/mol. The molecule has 0 atom stereocenters. The van der Waals surface area contributed by atoms with Crippen LogP contribution in [0, 0.1) is 19.8 Å². The lowest BCUT2D eigenvalue weighted by Gasteiger charge is -2.26. The summed E-state index contributed by atoms with van der Waals surface area (Å²) in [4.78, 5) is 25.0. The third-order valence-corrected chi connectivity index (χ3v) is 4.58. The molecule has 0 spiro atoms. The van der Waals surface area contributed by atoms with Crippen LogP contribution in [0.25, 0.3) is 0 Å². The van der Waals surface area contributed by atoms with E-state index in [1.54, 1.807) is 6.92 Å². The number of aryl methyl sites for hydroxylation is 1. The van der Waals surface area contributed by atoms with Gasteiger partial charge in [-0.3, -0.25) is 4.79 Å². The van der Waals surface area contributed by atoms with Gasteiger partial charge in [0.15, 0.2) is 0 Å². The van der Waals surface area contributed by atoms with Gasteiger partial charge in [-0.1, -0.05) is 0 Å². The van der Waals surface area contributed by atoms with E-state index in [2.05, 4.69) is 10.6 Å². The fourth-order valence-electron chi connectivity index (χ4n) is 2.10. The van der Waals surface area contributed by atoms with Gasteiger partial charge in [0.2, 0.25) is 5.91 Å². The van der Waals surface area contributed by atoms with Gasteiger partial charge in [0.25, 0.3) is 0 Å². The van der Waals surface area contributed by atoms with Gasteiger partial charge in [-0.05, 0) is 45.3 Å². The summed E-state index contributed by atoms with van der Waals surface area (Å²) in [6.45, 7) is 7.70. The number of hydrogen-bond donors (Lipinski definition) is 2.